The Hall–Kier alpha value is -3.68. The van der Waals surface area contributed by atoms with Gasteiger partial charge in [0.25, 0.3) is 0 Å². The molecule has 1 aliphatic rings. The molecule has 0 atom stereocenters. The number of hydrogen-bond acceptors (Lipinski definition) is 7. The number of benzene rings is 1. The van der Waals surface area contributed by atoms with Crippen LogP contribution in [0.5, 0.6) is 0 Å². The number of aromatic nitrogens is 5. The van der Waals surface area contributed by atoms with Crippen LogP contribution in [0, 0.1) is 18.3 Å². The van der Waals surface area contributed by atoms with Crippen molar-refractivity contribution >= 4 is 20.9 Å². The Kier molecular flexibility index (Phi) is 4.96. The van der Waals surface area contributed by atoms with Gasteiger partial charge in [-0.05, 0) is 36.8 Å². The first kappa shape index (κ1) is 21.2. The summed E-state index contributed by atoms with van der Waals surface area (Å²) in [6, 6.07) is 14.0. The Labute approximate surface area is 191 Å². The summed E-state index contributed by atoms with van der Waals surface area (Å²) in [7, 11) is -3.34. The number of aryl methyl sites for hydroxylation is 1. The zero-order valence-corrected chi connectivity index (χ0v) is 19.0. The number of hydrogen-bond donors (Lipinski definition) is 0. The van der Waals surface area contributed by atoms with Crippen molar-refractivity contribution in [3.8, 4) is 28.5 Å². The van der Waals surface area contributed by atoms with E-state index in [2.05, 4.69) is 21.1 Å². The number of fused-ring (bicyclic) bond motifs is 1. The highest BCUT2D eigenvalue weighted by molar-refractivity contribution is 7.88. The third kappa shape index (κ3) is 3.75. The molecule has 1 fully saturated rings. The van der Waals surface area contributed by atoms with Crippen LogP contribution < -0.4 is 0 Å². The molecule has 1 saturated heterocycles. The fraction of sp³-hybridized carbons (Fsp3) is 0.261. The van der Waals surface area contributed by atoms with Crippen molar-refractivity contribution in [2.75, 3.05) is 19.3 Å². The van der Waals surface area contributed by atoms with Crippen molar-refractivity contribution in [3.63, 3.8) is 0 Å². The zero-order chi connectivity index (χ0) is 23.2. The lowest BCUT2D eigenvalue weighted by Crippen LogP contribution is -2.64. The molecule has 3 aromatic heterocycles. The zero-order valence-electron chi connectivity index (χ0n) is 18.2. The first-order chi connectivity index (χ1) is 15.8. The van der Waals surface area contributed by atoms with Crippen LogP contribution in [0.3, 0.4) is 0 Å². The maximum Gasteiger partial charge on any atom is 0.211 e. The summed E-state index contributed by atoms with van der Waals surface area (Å²) < 4.78 is 25.1. The van der Waals surface area contributed by atoms with Crippen molar-refractivity contribution in [3.05, 3.63) is 60.7 Å². The molecule has 0 saturated carbocycles. The van der Waals surface area contributed by atoms with Crippen LogP contribution in [0.25, 0.3) is 33.3 Å². The van der Waals surface area contributed by atoms with Gasteiger partial charge < -0.3 is 0 Å². The molecule has 166 valence electrons. The third-order valence-electron chi connectivity index (χ3n) is 5.98. The van der Waals surface area contributed by atoms with E-state index in [0.29, 0.717) is 5.69 Å². The number of pyridine rings is 2. The monoisotopic (exact) mass is 459 g/mol. The van der Waals surface area contributed by atoms with Crippen molar-refractivity contribution in [2.45, 2.75) is 18.9 Å². The summed E-state index contributed by atoms with van der Waals surface area (Å²) in [4.78, 5) is 10.4. The second-order valence-corrected chi connectivity index (χ2v) is 10.4. The van der Waals surface area contributed by atoms with Gasteiger partial charge in [-0.2, -0.15) is 24.6 Å². The molecule has 0 spiro atoms. The minimum absolute atomic E-state index is 0.116. The molecule has 0 radical (unpaired) electrons. The fourth-order valence-electron chi connectivity index (χ4n) is 4.12. The summed E-state index contributed by atoms with van der Waals surface area (Å²) in [5, 5.41) is 19.4. The Morgan fingerprint density at radius 3 is 2.64 bits per heavy atom. The molecule has 0 bridgehead atoms. The molecule has 4 heterocycles. The second kappa shape index (κ2) is 7.72. The summed E-state index contributed by atoms with van der Waals surface area (Å²) in [6.07, 6.45) is 6.51. The highest BCUT2D eigenvalue weighted by Crippen LogP contribution is 2.36. The number of sulfonamides is 1. The van der Waals surface area contributed by atoms with Gasteiger partial charge in [0.05, 0.1) is 30.5 Å². The standard InChI is InChI=1S/C23H21N7O2S/c1-16-5-6-17(12-26-16)18-10-20(19-4-3-9-25-21(19)11-18)22-13-27-30(28-22)23(7-8-24)14-29(15-23)33(2,31)32/h3-6,9-13H,7,14-15H2,1-2H3. The van der Waals surface area contributed by atoms with Crippen LogP contribution in [0.4, 0.5) is 0 Å². The van der Waals surface area contributed by atoms with E-state index in [9.17, 15) is 13.7 Å². The van der Waals surface area contributed by atoms with Crippen molar-refractivity contribution in [1.82, 2.24) is 29.3 Å². The van der Waals surface area contributed by atoms with E-state index in [1.165, 1.54) is 9.10 Å². The lowest BCUT2D eigenvalue weighted by Gasteiger charge is -2.46. The molecule has 33 heavy (non-hydrogen) atoms. The largest absolute Gasteiger partial charge is 0.261 e. The first-order valence-electron chi connectivity index (χ1n) is 10.4. The van der Waals surface area contributed by atoms with Gasteiger partial charge in [-0.15, -0.1) is 0 Å². The molecule has 0 unspecified atom stereocenters. The van der Waals surface area contributed by atoms with Crippen molar-refractivity contribution in [2.24, 2.45) is 0 Å². The fourth-order valence-corrected chi connectivity index (χ4v) is 5.07. The highest BCUT2D eigenvalue weighted by atomic mass is 32.2. The third-order valence-corrected chi connectivity index (χ3v) is 7.17. The average Bonchev–Trinajstić information content (AvgIpc) is 3.25. The molecule has 9 nitrogen and oxygen atoms in total. The molecule has 0 N–H and O–H groups in total. The second-order valence-electron chi connectivity index (χ2n) is 8.39. The molecular weight excluding hydrogens is 438 g/mol. The maximum atomic E-state index is 11.9. The Morgan fingerprint density at radius 1 is 1.12 bits per heavy atom. The van der Waals surface area contributed by atoms with E-state index in [1.807, 2.05) is 49.5 Å². The minimum Gasteiger partial charge on any atom is -0.261 e. The van der Waals surface area contributed by atoms with Crippen molar-refractivity contribution < 1.29 is 8.42 Å². The summed E-state index contributed by atoms with van der Waals surface area (Å²) in [5.74, 6) is 0. The Morgan fingerprint density at radius 2 is 1.94 bits per heavy atom. The minimum atomic E-state index is -3.34. The van der Waals surface area contributed by atoms with Crippen LogP contribution in [0.1, 0.15) is 12.1 Å². The predicted molar refractivity (Wildman–Crippen MR) is 123 cm³/mol. The van der Waals surface area contributed by atoms with Gasteiger partial charge in [-0.3, -0.25) is 9.97 Å². The number of rotatable bonds is 5. The molecule has 4 aromatic rings. The number of nitriles is 1. The topological polar surface area (TPSA) is 118 Å². The molecule has 5 rings (SSSR count). The molecule has 0 amide bonds. The van der Waals surface area contributed by atoms with Gasteiger partial charge in [0.1, 0.15) is 11.2 Å². The van der Waals surface area contributed by atoms with Crippen LogP contribution in [-0.4, -0.2) is 57.0 Å². The van der Waals surface area contributed by atoms with Gasteiger partial charge in [0.2, 0.25) is 10.0 Å². The van der Waals surface area contributed by atoms with Crippen LogP contribution >= 0.6 is 0 Å². The summed E-state index contributed by atoms with van der Waals surface area (Å²) in [6.45, 7) is 2.29. The Balaban J connectivity index is 1.59. The van der Waals surface area contributed by atoms with Gasteiger partial charge >= 0.3 is 0 Å². The van der Waals surface area contributed by atoms with E-state index in [0.717, 1.165) is 39.5 Å². The average molecular weight is 460 g/mol. The van der Waals surface area contributed by atoms with Gasteiger partial charge in [-0.1, -0.05) is 12.1 Å². The number of nitrogens with zero attached hydrogens (tertiary/aromatic N) is 7. The highest BCUT2D eigenvalue weighted by Gasteiger charge is 2.50. The lowest BCUT2D eigenvalue weighted by atomic mass is 9.90. The van der Waals surface area contributed by atoms with E-state index < -0.39 is 15.6 Å². The smallest absolute Gasteiger partial charge is 0.211 e. The van der Waals surface area contributed by atoms with E-state index in [-0.39, 0.29) is 19.5 Å². The molecule has 10 heteroatoms. The molecular formula is C23H21N7O2S. The maximum absolute atomic E-state index is 11.9. The van der Waals surface area contributed by atoms with Gasteiger partial charge in [0, 0.05) is 47.7 Å². The van der Waals surface area contributed by atoms with Crippen LogP contribution in [0.15, 0.2) is 55.0 Å². The SMILES string of the molecule is Cc1ccc(-c2cc(-c3cnn(C4(CC#N)CN(S(C)(=O)=O)C4)n3)c3cccnc3c2)cn1. The summed E-state index contributed by atoms with van der Waals surface area (Å²) in [5.41, 5.74) is 4.38. The quantitative estimate of drug-likeness (QED) is 0.450. The first-order valence-corrected chi connectivity index (χ1v) is 12.2. The van der Waals surface area contributed by atoms with Gasteiger partial charge in [-0.25, -0.2) is 8.42 Å². The van der Waals surface area contributed by atoms with E-state index in [4.69, 9.17) is 5.10 Å². The van der Waals surface area contributed by atoms with Crippen LogP contribution in [-0.2, 0) is 15.6 Å². The normalized spacial score (nSPS) is 15.8. The Bertz CT molecular complexity index is 1500. The summed E-state index contributed by atoms with van der Waals surface area (Å²) >= 11 is 0. The molecule has 0 aliphatic carbocycles. The molecule has 1 aliphatic heterocycles. The lowest BCUT2D eigenvalue weighted by molar-refractivity contribution is 0.0579. The predicted octanol–water partition coefficient (Wildman–Crippen LogP) is 2.75. The van der Waals surface area contributed by atoms with Gasteiger partial charge in [0.15, 0.2) is 0 Å². The van der Waals surface area contributed by atoms with E-state index in [1.54, 1.807) is 12.4 Å². The van der Waals surface area contributed by atoms with E-state index >= 15 is 0 Å². The van der Waals surface area contributed by atoms with Crippen LogP contribution in [0.2, 0.25) is 0 Å². The van der Waals surface area contributed by atoms with Crippen molar-refractivity contribution in [1.29, 1.82) is 5.26 Å². The molecule has 1 aromatic carbocycles.